The predicted molar refractivity (Wildman–Crippen MR) is 108 cm³/mol. The van der Waals surface area contributed by atoms with Crippen molar-refractivity contribution in [2.45, 2.75) is 5.75 Å². The van der Waals surface area contributed by atoms with Gasteiger partial charge in [0.25, 0.3) is 5.91 Å². The summed E-state index contributed by atoms with van der Waals surface area (Å²) >= 11 is -1.26. The molecule has 0 radical (unpaired) electrons. The number of hydrogen-bond acceptors (Lipinski definition) is 4. The Bertz CT molecular complexity index is 901. The van der Waals surface area contributed by atoms with E-state index in [2.05, 4.69) is 5.32 Å². The zero-order valence-corrected chi connectivity index (χ0v) is 15.8. The summed E-state index contributed by atoms with van der Waals surface area (Å²) in [5.74, 6) is 1.13. The van der Waals surface area contributed by atoms with E-state index >= 15 is 0 Å². The van der Waals surface area contributed by atoms with Gasteiger partial charge in [-0.05, 0) is 23.3 Å². The van der Waals surface area contributed by atoms with Crippen LogP contribution in [0.4, 0.5) is 0 Å². The van der Waals surface area contributed by atoms with Gasteiger partial charge in [0.05, 0.1) is 0 Å². The second-order valence-corrected chi connectivity index (χ2v) is 8.12. The van der Waals surface area contributed by atoms with Crippen molar-refractivity contribution in [1.82, 2.24) is 10.2 Å². The van der Waals surface area contributed by atoms with Crippen LogP contribution in [0.1, 0.15) is 5.56 Å². The summed E-state index contributed by atoms with van der Waals surface area (Å²) in [6.45, 7) is 2.97. The minimum Gasteiger partial charge on any atom is -0.616 e. The van der Waals surface area contributed by atoms with Gasteiger partial charge < -0.3 is 19.2 Å². The number of hydrogen-bond donors (Lipinski definition) is 1. The van der Waals surface area contributed by atoms with E-state index in [1.54, 1.807) is 4.90 Å². The molecular formula is C21H22N2O3S. The van der Waals surface area contributed by atoms with Gasteiger partial charge in [0, 0.05) is 42.7 Å². The molecule has 1 saturated heterocycles. The van der Waals surface area contributed by atoms with Crippen LogP contribution in [0.5, 0.6) is 0 Å². The van der Waals surface area contributed by atoms with Gasteiger partial charge in [-0.15, -0.1) is 0 Å². The maximum Gasteiger partial charge on any atom is 0.272 e. The van der Waals surface area contributed by atoms with Crippen LogP contribution in [-0.2, 0) is 21.7 Å². The van der Waals surface area contributed by atoms with E-state index in [9.17, 15) is 9.35 Å². The first-order valence-corrected chi connectivity index (χ1v) is 10.6. The Balaban J connectivity index is 1.50. The Morgan fingerprint density at radius 2 is 1.85 bits per heavy atom. The van der Waals surface area contributed by atoms with Gasteiger partial charge in [0.1, 0.15) is 17.1 Å². The molecule has 140 valence electrons. The van der Waals surface area contributed by atoms with Crippen LogP contribution in [-0.4, -0.2) is 47.3 Å². The molecule has 0 spiro atoms. The molecule has 6 heteroatoms. The Labute approximate surface area is 161 Å². The third-order valence-corrected chi connectivity index (χ3v) is 5.98. The fourth-order valence-corrected chi connectivity index (χ4v) is 4.53. The molecule has 0 bridgehead atoms. The smallest absolute Gasteiger partial charge is 0.272 e. The summed E-state index contributed by atoms with van der Waals surface area (Å²) in [5, 5.41) is 4.26. The van der Waals surface area contributed by atoms with Crippen molar-refractivity contribution in [3.05, 3.63) is 60.2 Å². The minimum atomic E-state index is -1.26. The first-order chi connectivity index (χ1) is 13.2. The summed E-state index contributed by atoms with van der Waals surface area (Å²) in [6, 6.07) is 17.7. The van der Waals surface area contributed by atoms with E-state index in [1.165, 1.54) is 0 Å². The second-order valence-electron chi connectivity index (χ2n) is 6.66. The molecule has 1 atom stereocenters. The number of amides is 1. The van der Waals surface area contributed by atoms with Gasteiger partial charge in [-0.25, -0.2) is 0 Å². The molecule has 1 aliphatic rings. The molecule has 1 unspecified atom stereocenters. The highest BCUT2D eigenvalue weighted by atomic mass is 32.2. The van der Waals surface area contributed by atoms with Crippen LogP contribution in [0, 0.1) is 0 Å². The minimum absolute atomic E-state index is 0.0314. The van der Waals surface area contributed by atoms with E-state index < -0.39 is 11.2 Å². The van der Waals surface area contributed by atoms with Gasteiger partial charge in [0.15, 0.2) is 5.75 Å². The maximum absolute atomic E-state index is 12.6. The zero-order chi connectivity index (χ0) is 18.6. The number of fused-ring (bicyclic) bond motifs is 1. The van der Waals surface area contributed by atoms with Crippen LogP contribution >= 0.6 is 0 Å². The van der Waals surface area contributed by atoms with E-state index in [4.69, 9.17) is 4.42 Å². The highest BCUT2D eigenvalue weighted by Gasteiger charge is 2.23. The average Bonchev–Trinajstić information content (AvgIpc) is 3.13. The quantitative estimate of drug-likeness (QED) is 0.689. The summed E-state index contributed by atoms with van der Waals surface area (Å²) < 4.78 is 18.6. The number of nitrogens with one attached hydrogen (secondary N) is 1. The SMILES string of the molecule is O=C(C[S+]([O-])Cc1ccccc1-c1cc2ccccc2o1)N1CCNCC1. The number of rotatable bonds is 5. The first kappa shape index (κ1) is 18.1. The fraction of sp³-hybridized carbons (Fsp3) is 0.286. The Kier molecular flexibility index (Phi) is 5.48. The maximum atomic E-state index is 12.6. The summed E-state index contributed by atoms with van der Waals surface area (Å²) in [5.41, 5.74) is 2.69. The third-order valence-electron chi connectivity index (χ3n) is 4.78. The highest BCUT2D eigenvalue weighted by molar-refractivity contribution is 7.91. The molecule has 0 aliphatic carbocycles. The van der Waals surface area contributed by atoms with Crippen molar-refractivity contribution in [3.63, 3.8) is 0 Å². The monoisotopic (exact) mass is 382 g/mol. The molecular weight excluding hydrogens is 360 g/mol. The lowest BCUT2D eigenvalue weighted by molar-refractivity contribution is -0.128. The van der Waals surface area contributed by atoms with Gasteiger partial charge in [-0.1, -0.05) is 42.5 Å². The molecule has 1 aromatic heterocycles. The van der Waals surface area contributed by atoms with Crippen LogP contribution in [0.2, 0.25) is 0 Å². The van der Waals surface area contributed by atoms with Crippen LogP contribution in [0.25, 0.3) is 22.3 Å². The van der Waals surface area contributed by atoms with Crippen LogP contribution in [0.3, 0.4) is 0 Å². The van der Waals surface area contributed by atoms with Gasteiger partial charge in [-0.3, -0.25) is 4.79 Å². The van der Waals surface area contributed by atoms with Crippen molar-refractivity contribution in [3.8, 4) is 11.3 Å². The number of furan rings is 1. The van der Waals surface area contributed by atoms with Crippen LogP contribution in [0.15, 0.2) is 59.0 Å². The standard InChI is InChI=1S/C21H22N2O3S/c24-21(23-11-9-22-10-12-23)15-27(25)14-17-6-1-3-7-18(17)20-13-16-5-2-4-8-19(16)26-20/h1-8,13,22H,9-12,14-15H2. The topological polar surface area (TPSA) is 68.5 Å². The summed E-state index contributed by atoms with van der Waals surface area (Å²) in [7, 11) is 0. The molecule has 4 rings (SSSR count). The normalized spacial score (nSPS) is 15.8. The Morgan fingerprint density at radius 3 is 2.67 bits per heavy atom. The molecule has 2 aromatic carbocycles. The largest absolute Gasteiger partial charge is 0.616 e. The second kappa shape index (κ2) is 8.17. The molecule has 0 saturated carbocycles. The van der Waals surface area contributed by atoms with Gasteiger partial charge in [0.2, 0.25) is 0 Å². The van der Waals surface area contributed by atoms with Crippen molar-refractivity contribution in [1.29, 1.82) is 0 Å². The van der Waals surface area contributed by atoms with Crippen LogP contribution < -0.4 is 5.32 Å². The number of para-hydroxylation sites is 1. The Hall–Kier alpha value is -2.28. The zero-order valence-electron chi connectivity index (χ0n) is 15.0. The average molecular weight is 382 g/mol. The predicted octanol–water partition coefficient (Wildman–Crippen LogP) is 2.78. The third kappa shape index (κ3) is 4.18. The molecule has 1 fully saturated rings. The molecule has 5 nitrogen and oxygen atoms in total. The molecule has 1 aliphatic heterocycles. The molecule has 1 N–H and O–H groups in total. The molecule has 2 heterocycles. The molecule has 27 heavy (non-hydrogen) atoms. The van der Waals surface area contributed by atoms with E-state index in [0.29, 0.717) is 18.8 Å². The van der Waals surface area contributed by atoms with E-state index in [-0.39, 0.29) is 11.7 Å². The van der Waals surface area contributed by atoms with Crippen molar-refractivity contribution >= 4 is 28.1 Å². The molecule has 3 aromatic rings. The molecule has 1 amide bonds. The number of carbonyl (C=O) groups excluding carboxylic acids is 1. The van der Waals surface area contributed by atoms with E-state index in [1.807, 2.05) is 54.6 Å². The number of nitrogens with zero attached hydrogens (tertiary/aromatic N) is 1. The first-order valence-electron chi connectivity index (χ1n) is 9.11. The van der Waals surface area contributed by atoms with E-state index in [0.717, 1.165) is 40.9 Å². The van der Waals surface area contributed by atoms with Crippen molar-refractivity contribution in [2.75, 3.05) is 31.9 Å². The van der Waals surface area contributed by atoms with Crippen molar-refractivity contribution < 1.29 is 13.8 Å². The van der Waals surface area contributed by atoms with Gasteiger partial charge in [-0.2, -0.15) is 0 Å². The fourth-order valence-electron chi connectivity index (χ4n) is 3.37. The summed E-state index contributed by atoms with van der Waals surface area (Å²) in [6.07, 6.45) is 0. The lowest BCUT2D eigenvalue weighted by Crippen LogP contribution is -2.48. The lowest BCUT2D eigenvalue weighted by atomic mass is 10.1. The number of benzene rings is 2. The van der Waals surface area contributed by atoms with Crippen molar-refractivity contribution in [2.24, 2.45) is 0 Å². The Morgan fingerprint density at radius 1 is 1.11 bits per heavy atom. The van der Waals surface area contributed by atoms with Gasteiger partial charge >= 0.3 is 0 Å². The number of carbonyl (C=O) groups is 1. The summed E-state index contributed by atoms with van der Waals surface area (Å²) in [4.78, 5) is 14.1. The lowest BCUT2D eigenvalue weighted by Gasteiger charge is -2.27. The number of piperazine rings is 1. The highest BCUT2D eigenvalue weighted by Crippen LogP contribution is 2.31.